The largest absolute Gasteiger partial charge is 0.503 e. The van der Waals surface area contributed by atoms with Gasteiger partial charge in [-0.05, 0) is 50.2 Å². The number of Topliss-reactive ketones (excluding diaryl/α,β-unsaturated/α-hetero) is 1. The average Bonchev–Trinajstić information content (AvgIpc) is 3.43. The maximum Gasteiger partial charge on any atom is 0.294 e. The van der Waals surface area contributed by atoms with Crippen molar-refractivity contribution >= 4 is 17.4 Å². The molecule has 1 atom stereocenters. The smallest absolute Gasteiger partial charge is 0.294 e. The molecule has 1 amide bonds. The topological polar surface area (TPSA) is 93.1 Å². The van der Waals surface area contributed by atoms with Crippen LogP contribution >= 0.6 is 0 Å². The van der Waals surface area contributed by atoms with Gasteiger partial charge in [-0.15, -0.1) is 0 Å². The molecule has 1 aromatic carbocycles. The molecular weight excluding hydrogens is 374 g/mol. The van der Waals surface area contributed by atoms with E-state index in [-0.39, 0.29) is 11.3 Å². The summed E-state index contributed by atoms with van der Waals surface area (Å²) < 4.78 is 16.5. The van der Waals surface area contributed by atoms with Crippen molar-refractivity contribution in [3.8, 4) is 5.75 Å². The second-order valence-corrected chi connectivity index (χ2v) is 6.53. The van der Waals surface area contributed by atoms with Crippen LogP contribution in [0.3, 0.4) is 0 Å². The Morgan fingerprint density at radius 1 is 1.21 bits per heavy atom. The monoisotopic (exact) mass is 393 g/mol. The molecule has 7 heteroatoms. The van der Waals surface area contributed by atoms with Gasteiger partial charge in [-0.1, -0.05) is 6.07 Å². The summed E-state index contributed by atoms with van der Waals surface area (Å²) >= 11 is 0. The number of aliphatic hydroxyl groups excluding tert-OH is 1. The third-order valence-corrected chi connectivity index (χ3v) is 4.64. The first-order valence-corrected chi connectivity index (χ1v) is 9.15. The first kappa shape index (κ1) is 18.6. The number of ketones is 1. The lowest BCUT2D eigenvalue weighted by Gasteiger charge is -2.25. The average molecular weight is 393 g/mol. The number of benzene rings is 1. The van der Waals surface area contributed by atoms with Gasteiger partial charge in [0.25, 0.3) is 5.91 Å². The highest BCUT2D eigenvalue weighted by Gasteiger charge is 2.46. The van der Waals surface area contributed by atoms with Gasteiger partial charge in [0.1, 0.15) is 23.3 Å². The van der Waals surface area contributed by atoms with Crippen LogP contribution in [0.25, 0.3) is 0 Å². The van der Waals surface area contributed by atoms with Gasteiger partial charge < -0.3 is 18.7 Å². The summed E-state index contributed by atoms with van der Waals surface area (Å²) in [6, 6.07) is 12.4. The van der Waals surface area contributed by atoms with Crippen molar-refractivity contribution in [2.75, 3.05) is 11.5 Å². The lowest BCUT2D eigenvalue weighted by Crippen LogP contribution is -2.30. The summed E-state index contributed by atoms with van der Waals surface area (Å²) in [5.74, 6) is -0.346. The summed E-state index contributed by atoms with van der Waals surface area (Å²) in [4.78, 5) is 27.4. The van der Waals surface area contributed by atoms with Crippen LogP contribution < -0.4 is 9.64 Å². The fourth-order valence-corrected chi connectivity index (χ4v) is 3.40. The summed E-state index contributed by atoms with van der Waals surface area (Å²) in [7, 11) is 0. The SMILES string of the molecule is CCOc1cccc(N2C(=O)C(O)=C(C(=O)c3ccco3)C2c2ccc(C)o2)c1. The van der Waals surface area contributed by atoms with E-state index in [0.717, 1.165) is 0 Å². The number of nitrogens with zero attached hydrogens (tertiary/aromatic N) is 1. The Labute approximate surface area is 166 Å². The van der Waals surface area contributed by atoms with Crippen molar-refractivity contribution in [2.24, 2.45) is 0 Å². The van der Waals surface area contributed by atoms with Gasteiger partial charge in [0.15, 0.2) is 11.5 Å². The summed E-state index contributed by atoms with van der Waals surface area (Å²) in [6.45, 7) is 4.08. The highest BCUT2D eigenvalue weighted by atomic mass is 16.5. The number of hydrogen-bond acceptors (Lipinski definition) is 6. The number of furan rings is 2. The van der Waals surface area contributed by atoms with Crippen molar-refractivity contribution in [1.29, 1.82) is 0 Å². The molecule has 1 unspecified atom stereocenters. The fourth-order valence-electron chi connectivity index (χ4n) is 3.40. The van der Waals surface area contributed by atoms with E-state index >= 15 is 0 Å². The minimum Gasteiger partial charge on any atom is -0.503 e. The highest BCUT2D eigenvalue weighted by Crippen LogP contribution is 2.43. The van der Waals surface area contributed by atoms with Crippen LogP contribution in [0.5, 0.6) is 5.75 Å². The third-order valence-electron chi connectivity index (χ3n) is 4.64. The molecule has 148 valence electrons. The Bertz CT molecular complexity index is 1090. The molecule has 0 radical (unpaired) electrons. The van der Waals surface area contributed by atoms with E-state index in [0.29, 0.717) is 29.6 Å². The van der Waals surface area contributed by atoms with Gasteiger partial charge in [0.05, 0.1) is 18.4 Å². The second kappa shape index (κ2) is 7.35. The zero-order valence-corrected chi connectivity index (χ0v) is 15.9. The van der Waals surface area contributed by atoms with E-state index in [4.69, 9.17) is 13.6 Å². The zero-order valence-electron chi connectivity index (χ0n) is 15.9. The highest BCUT2D eigenvalue weighted by molar-refractivity contribution is 6.20. The van der Waals surface area contributed by atoms with Crippen LogP contribution in [0.2, 0.25) is 0 Å². The molecule has 3 aromatic rings. The maximum atomic E-state index is 13.0. The number of anilines is 1. The lowest BCUT2D eigenvalue weighted by atomic mass is 9.99. The molecule has 1 aliphatic heterocycles. The fraction of sp³-hybridized carbons (Fsp3) is 0.182. The van der Waals surface area contributed by atoms with Crippen LogP contribution in [0.4, 0.5) is 5.69 Å². The Kier molecular flexibility index (Phi) is 4.72. The standard InChI is InChI=1S/C22H19NO6/c1-3-27-15-7-4-6-14(12-15)23-19(16-10-9-13(2)29-16)18(21(25)22(23)26)20(24)17-8-5-11-28-17/h4-12,19,25H,3H2,1-2H3. The lowest BCUT2D eigenvalue weighted by molar-refractivity contribution is -0.117. The molecule has 1 N–H and O–H groups in total. The van der Waals surface area contributed by atoms with Crippen LogP contribution in [-0.2, 0) is 4.79 Å². The summed E-state index contributed by atoms with van der Waals surface area (Å²) in [5, 5.41) is 10.6. The van der Waals surface area contributed by atoms with Gasteiger partial charge >= 0.3 is 0 Å². The van der Waals surface area contributed by atoms with Crippen molar-refractivity contribution in [1.82, 2.24) is 0 Å². The molecule has 0 aliphatic carbocycles. The van der Waals surface area contributed by atoms with Gasteiger partial charge in [-0.25, -0.2) is 0 Å². The van der Waals surface area contributed by atoms with Crippen LogP contribution in [0.15, 0.2) is 75.0 Å². The van der Waals surface area contributed by atoms with E-state index in [1.165, 1.54) is 17.2 Å². The minimum atomic E-state index is -0.939. The molecule has 4 rings (SSSR count). The van der Waals surface area contributed by atoms with E-state index in [9.17, 15) is 14.7 Å². The number of hydrogen-bond donors (Lipinski definition) is 1. The third kappa shape index (κ3) is 3.20. The quantitative estimate of drug-likeness (QED) is 0.626. The van der Waals surface area contributed by atoms with Gasteiger partial charge in [-0.2, -0.15) is 0 Å². The van der Waals surface area contributed by atoms with Crippen molar-refractivity contribution < 1.29 is 28.3 Å². The molecule has 0 bridgehead atoms. The number of carbonyl (C=O) groups excluding carboxylic acids is 2. The van der Waals surface area contributed by atoms with E-state index < -0.39 is 23.5 Å². The van der Waals surface area contributed by atoms with Crippen LogP contribution in [0, 0.1) is 6.92 Å². The summed E-state index contributed by atoms with van der Waals surface area (Å²) in [5.41, 5.74) is 0.370. The number of ether oxygens (including phenoxy) is 1. The molecule has 1 aliphatic rings. The van der Waals surface area contributed by atoms with E-state index in [1.54, 1.807) is 49.4 Å². The Hall–Kier alpha value is -3.74. The van der Waals surface area contributed by atoms with Crippen molar-refractivity contribution in [2.45, 2.75) is 19.9 Å². The predicted octanol–water partition coefficient (Wildman–Crippen LogP) is 4.36. The number of amides is 1. The van der Waals surface area contributed by atoms with Crippen molar-refractivity contribution in [3.05, 3.63) is 83.4 Å². The summed E-state index contributed by atoms with van der Waals surface area (Å²) in [6.07, 6.45) is 1.36. The molecule has 0 saturated carbocycles. The first-order chi connectivity index (χ1) is 14.0. The number of carbonyl (C=O) groups is 2. The molecule has 29 heavy (non-hydrogen) atoms. The molecule has 0 spiro atoms. The molecule has 0 fully saturated rings. The number of aliphatic hydroxyl groups is 1. The second-order valence-electron chi connectivity index (χ2n) is 6.53. The molecule has 0 saturated heterocycles. The predicted molar refractivity (Wildman–Crippen MR) is 104 cm³/mol. The molecule has 3 heterocycles. The van der Waals surface area contributed by atoms with Gasteiger partial charge in [0, 0.05) is 11.8 Å². The Balaban J connectivity index is 1.85. The Morgan fingerprint density at radius 2 is 2.03 bits per heavy atom. The van der Waals surface area contributed by atoms with Crippen LogP contribution in [0.1, 0.15) is 35.0 Å². The van der Waals surface area contributed by atoms with Gasteiger partial charge in [0.2, 0.25) is 5.78 Å². The Morgan fingerprint density at radius 3 is 2.69 bits per heavy atom. The van der Waals surface area contributed by atoms with Crippen LogP contribution in [-0.4, -0.2) is 23.4 Å². The maximum absolute atomic E-state index is 13.0. The number of rotatable bonds is 6. The minimum absolute atomic E-state index is 0.0255. The molecule has 2 aromatic heterocycles. The number of aryl methyl sites for hydroxylation is 1. The molecular formula is C22H19NO6. The van der Waals surface area contributed by atoms with E-state index in [1.807, 2.05) is 6.92 Å². The first-order valence-electron chi connectivity index (χ1n) is 9.15. The molecule has 7 nitrogen and oxygen atoms in total. The van der Waals surface area contributed by atoms with E-state index in [2.05, 4.69) is 0 Å². The normalized spacial score (nSPS) is 16.6. The van der Waals surface area contributed by atoms with Crippen molar-refractivity contribution in [3.63, 3.8) is 0 Å². The van der Waals surface area contributed by atoms with Gasteiger partial charge in [-0.3, -0.25) is 14.5 Å². The zero-order chi connectivity index (χ0) is 20.5.